The number of hydrogen-bond donors (Lipinski definition) is 7. The van der Waals surface area contributed by atoms with Crippen molar-refractivity contribution in [3.63, 3.8) is 0 Å². The Hall–Kier alpha value is -2.54. The quantitative estimate of drug-likeness (QED) is 0.149. The van der Waals surface area contributed by atoms with E-state index in [0.717, 1.165) is 32.1 Å². The molecule has 8 rings (SSSR count). The number of rotatable bonds is 6. The maximum atomic E-state index is 15.0. The van der Waals surface area contributed by atoms with Gasteiger partial charge in [-0.15, -0.1) is 0 Å². The van der Waals surface area contributed by atoms with E-state index >= 15 is 0 Å². The molecule has 0 spiro atoms. The Balaban J connectivity index is 1.08. The highest BCUT2D eigenvalue weighted by atomic mass is 16.8. The summed E-state index contributed by atoms with van der Waals surface area (Å²) in [6.07, 6.45) is -12.3. The number of fused-ring (bicyclic) bond motifs is 10. The summed E-state index contributed by atoms with van der Waals surface area (Å²) in [5, 5.41) is 72.9. The number of carboxylic acid groups (broad SMARTS) is 2. The van der Waals surface area contributed by atoms with Crippen molar-refractivity contribution in [2.75, 3.05) is 6.61 Å². The summed E-state index contributed by atoms with van der Waals surface area (Å²) < 4.78 is 29.2. The molecule has 3 saturated heterocycles. The van der Waals surface area contributed by atoms with Crippen molar-refractivity contribution in [2.45, 2.75) is 167 Å². The van der Waals surface area contributed by atoms with Crippen molar-refractivity contribution < 1.29 is 78.6 Å². The van der Waals surface area contributed by atoms with Gasteiger partial charge >= 0.3 is 17.9 Å². The Kier molecular flexibility index (Phi) is 10.2. The molecule has 0 aromatic heterocycles. The van der Waals surface area contributed by atoms with E-state index in [1.165, 1.54) is 5.57 Å². The van der Waals surface area contributed by atoms with Crippen molar-refractivity contribution in [2.24, 2.45) is 56.2 Å². The van der Waals surface area contributed by atoms with E-state index in [1.54, 1.807) is 0 Å². The van der Waals surface area contributed by atoms with Crippen LogP contribution in [-0.4, -0.2) is 134 Å². The molecular formula is C43H62O16. The Morgan fingerprint density at radius 1 is 0.712 bits per heavy atom. The Morgan fingerprint density at radius 3 is 1.98 bits per heavy atom. The van der Waals surface area contributed by atoms with Crippen molar-refractivity contribution in [3.05, 3.63) is 11.6 Å². The van der Waals surface area contributed by atoms with Crippen LogP contribution < -0.4 is 0 Å². The van der Waals surface area contributed by atoms with E-state index in [2.05, 4.69) is 27.7 Å². The van der Waals surface area contributed by atoms with Crippen LogP contribution in [0.5, 0.6) is 0 Å². The molecule has 7 fully saturated rings. The summed E-state index contributed by atoms with van der Waals surface area (Å²) >= 11 is 0. The van der Waals surface area contributed by atoms with Crippen LogP contribution in [0.2, 0.25) is 0 Å². The SMILES string of the molecule is CC1(C)[C@H]2CC[C@@]3(C)[C@@H](C(=O)C=C4[C@@H]5C[C@]6(C)C[C@@H](COC6=O)[C@@]5(C)CC[C@@]43C)[C@]2(C)CC[C@H]1O[C@@H]1O[C@H](C(=O)O)[C@@H](O)[C@H](O)[C@H]1O[C@@H]1O[C@H](C(=O)O)[C@@H](O)[C@H](O)[C@H]1O. The number of carbonyl (C=O) groups is 4. The second-order valence-electron chi connectivity index (χ2n) is 21.2. The van der Waals surface area contributed by atoms with Crippen molar-refractivity contribution in [3.8, 4) is 0 Å². The molecule has 330 valence electrons. The molecule has 5 aliphatic carbocycles. The molecule has 8 aliphatic rings. The number of aliphatic hydroxyl groups excluding tert-OH is 5. The molecule has 59 heavy (non-hydrogen) atoms. The third kappa shape index (κ3) is 6.01. The maximum Gasteiger partial charge on any atom is 0.335 e. The Labute approximate surface area is 343 Å². The number of aliphatic hydroxyl groups is 5. The van der Waals surface area contributed by atoms with Gasteiger partial charge in [-0.2, -0.15) is 0 Å². The molecule has 0 aromatic rings. The molecule has 0 unspecified atom stereocenters. The highest BCUT2D eigenvalue weighted by molar-refractivity contribution is 5.95. The van der Waals surface area contributed by atoms with Gasteiger partial charge in [-0.05, 0) is 103 Å². The lowest BCUT2D eigenvalue weighted by Crippen LogP contribution is -2.68. The highest BCUT2D eigenvalue weighted by Gasteiger charge is 2.72. The molecule has 0 amide bonds. The number of ether oxygens (including phenoxy) is 5. The third-order valence-electron chi connectivity index (χ3n) is 17.9. The van der Waals surface area contributed by atoms with Crippen molar-refractivity contribution >= 4 is 23.7 Å². The Bertz CT molecular complexity index is 1800. The summed E-state index contributed by atoms with van der Waals surface area (Å²) in [5.41, 5.74) is -1.31. The second-order valence-corrected chi connectivity index (χ2v) is 21.2. The molecule has 16 heteroatoms. The van der Waals surface area contributed by atoms with Crippen LogP contribution in [0.15, 0.2) is 11.6 Å². The second kappa shape index (κ2) is 14.0. The molecule has 0 aromatic carbocycles. The zero-order chi connectivity index (χ0) is 43.2. The smallest absolute Gasteiger partial charge is 0.335 e. The summed E-state index contributed by atoms with van der Waals surface area (Å²) in [6.45, 7) is 15.7. The first-order chi connectivity index (χ1) is 27.4. The minimum absolute atomic E-state index is 0.0731. The summed E-state index contributed by atoms with van der Waals surface area (Å²) in [5.74, 6) is -3.36. The number of carboxylic acids is 2. The summed E-state index contributed by atoms with van der Waals surface area (Å²) in [4.78, 5) is 52.1. The fourth-order valence-electron chi connectivity index (χ4n) is 14.3. The predicted octanol–water partition coefficient (Wildman–Crippen LogP) is 1.94. The average molecular weight is 835 g/mol. The van der Waals surface area contributed by atoms with E-state index in [4.69, 9.17) is 23.7 Å². The van der Waals surface area contributed by atoms with E-state index in [-0.39, 0.29) is 51.7 Å². The number of ketones is 1. The van der Waals surface area contributed by atoms with E-state index in [1.807, 2.05) is 26.8 Å². The molecule has 16 nitrogen and oxygen atoms in total. The van der Waals surface area contributed by atoms with Gasteiger partial charge in [-0.1, -0.05) is 47.1 Å². The first-order valence-corrected chi connectivity index (χ1v) is 21.3. The number of carbonyl (C=O) groups excluding carboxylic acids is 2. The number of esters is 1. The van der Waals surface area contributed by atoms with Crippen molar-refractivity contribution in [1.82, 2.24) is 0 Å². The standard InChI is InChI=1S/C43H62O16/c1-38(2)22-8-11-43(7)32(21(44)14-19-20-16-39(3)15-18(17-55-37(39)54)40(20,4)12-13-42(19,43)6)41(22,5)10-9-23(38)56-36-31(27(48)26(47)30(58-36)34(52)53)59-35-28(49)24(45)25(46)29(57-35)33(50)51/h14,18,20,22-32,35-36,45-49H,8-13,15-17H2,1-7H3,(H,50,51)(H,52,53)/t18-,20-,22+,23+,24-,25-,26-,27-,28+,29-,30-,31+,32-,35-,36+,39-,40+,41+,42-,43-/m0/s1. The van der Waals surface area contributed by atoms with Crippen LogP contribution in [0, 0.1) is 56.2 Å². The van der Waals surface area contributed by atoms with Crippen LogP contribution in [0.4, 0.5) is 0 Å². The number of allylic oxidation sites excluding steroid dienone is 2. The van der Waals surface area contributed by atoms with Crippen LogP contribution in [0.25, 0.3) is 0 Å². The lowest BCUT2D eigenvalue weighted by atomic mass is 9.33. The zero-order valence-electron chi connectivity index (χ0n) is 34.9. The topological polar surface area (TPSA) is 256 Å². The van der Waals surface area contributed by atoms with E-state index in [9.17, 15) is 54.9 Å². The molecule has 4 saturated carbocycles. The van der Waals surface area contributed by atoms with Gasteiger partial charge < -0.3 is 59.4 Å². The minimum atomic E-state index is -2.04. The fourth-order valence-corrected chi connectivity index (χ4v) is 14.3. The number of aliphatic carboxylic acids is 2. The van der Waals surface area contributed by atoms with Gasteiger partial charge in [0, 0.05) is 11.8 Å². The third-order valence-corrected chi connectivity index (χ3v) is 17.9. The first kappa shape index (κ1) is 43.1. The first-order valence-electron chi connectivity index (χ1n) is 21.3. The molecule has 3 aliphatic heterocycles. The average Bonchev–Trinajstić information content (AvgIpc) is 3.15. The van der Waals surface area contributed by atoms with Crippen LogP contribution in [-0.2, 0) is 42.9 Å². The summed E-state index contributed by atoms with van der Waals surface area (Å²) in [7, 11) is 0. The highest BCUT2D eigenvalue weighted by Crippen LogP contribution is 2.76. The lowest BCUT2D eigenvalue weighted by molar-refractivity contribution is -0.371. The van der Waals surface area contributed by atoms with Gasteiger partial charge in [0.25, 0.3) is 0 Å². The minimum Gasteiger partial charge on any atom is -0.479 e. The van der Waals surface area contributed by atoms with Gasteiger partial charge in [-0.3, -0.25) is 9.59 Å². The van der Waals surface area contributed by atoms with Crippen LogP contribution >= 0.6 is 0 Å². The molecule has 7 N–H and O–H groups in total. The molecule has 0 radical (unpaired) electrons. The fraction of sp³-hybridized carbons (Fsp3) is 0.860. The van der Waals surface area contributed by atoms with Gasteiger partial charge in [0.05, 0.1) is 18.1 Å². The van der Waals surface area contributed by atoms with Gasteiger partial charge in [0.15, 0.2) is 30.6 Å². The molecule has 20 atom stereocenters. The Morgan fingerprint density at radius 2 is 1.34 bits per heavy atom. The lowest BCUT2D eigenvalue weighted by Gasteiger charge is -2.71. The van der Waals surface area contributed by atoms with Gasteiger partial charge in [0.2, 0.25) is 0 Å². The van der Waals surface area contributed by atoms with Crippen LogP contribution in [0.3, 0.4) is 0 Å². The maximum absolute atomic E-state index is 15.0. The molecule has 3 heterocycles. The molecular weight excluding hydrogens is 772 g/mol. The van der Waals surface area contributed by atoms with E-state index < -0.39 is 95.7 Å². The normalized spacial score (nSPS) is 54.0. The largest absolute Gasteiger partial charge is 0.479 e. The van der Waals surface area contributed by atoms with Crippen LogP contribution in [0.1, 0.15) is 99.8 Å². The monoisotopic (exact) mass is 834 g/mol. The predicted molar refractivity (Wildman–Crippen MR) is 202 cm³/mol. The number of cyclic esters (lactones) is 1. The summed E-state index contributed by atoms with van der Waals surface area (Å²) in [6, 6.07) is 0. The van der Waals surface area contributed by atoms with E-state index in [0.29, 0.717) is 25.9 Å². The zero-order valence-corrected chi connectivity index (χ0v) is 34.9. The van der Waals surface area contributed by atoms with Crippen molar-refractivity contribution in [1.29, 1.82) is 0 Å². The van der Waals surface area contributed by atoms with Gasteiger partial charge in [0.1, 0.15) is 36.6 Å². The van der Waals surface area contributed by atoms with Gasteiger partial charge in [-0.25, -0.2) is 9.59 Å². The number of hydrogen-bond acceptors (Lipinski definition) is 14. The molecule has 2 bridgehead atoms.